The van der Waals surface area contributed by atoms with Crippen LogP contribution in [0.5, 0.6) is 0 Å². The number of amides is 1. The highest BCUT2D eigenvalue weighted by atomic mass is 16.5. The number of aryl methyl sites for hydroxylation is 1. The molecule has 1 fully saturated rings. The van der Waals surface area contributed by atoms with Gasteiger partial charge in [0.05, 0.1) is 19.4 Å². The average Bonchev–Trinajstić information content (AvgIpc) is 3.08. The third kappa shape index (κ3) is 2.15. The predicted molar refractivity (Wildman–Crippen MR) is 69.3 cm³/mol. The fourth-order valence-corrected chi connectivity index (χ4v) is 2.30. The van der Waals surface area contributed by atoms with Crippen LogP contribution in [0.15, 0.2) is 30.7 Å². The zero-order chi connectivity index (χ0) is 13.2. The Hall–Kier alpha value is -2.08. The van der Waals surface area contributed by atoms with Gasteiger partial charge in [0.1, 0.15) is 11.4 Å². The summed E-state index contributed by atoms with van der Waals surface area (Å²) in [5.74, 6) is 0.807. The molecule has 0 aromatic carbocycles. The molecule has 0 radical (unpaired) electrons. The van der Waals surface area contributed by atoms with E-state index in [1.54, 1.807) is 10.9 Å². The number of aromatic nitrogens is 3. The maximum absolute atomic E-state index is 12.5. The van der Waals surface area contributed by atoms with Gasteiger partial charge in [0, 0.05) is 32.5 Å². The van der Waals surface area contributed by atoms with Crippen LogP contribution in [0.2, 0.25) is 0 Å². The Kier molecular flexibility index (Phi) is 3.08. The van der Waals surface area contributed by atoms with Crippen LogP contribution in [-0.4, -0.2) is 51.5 Å². The molecule has 1 aliphatic rings. The summed E-state index contributed by atoms with van der Waals surface area (Å²) in [5.41, 5.74) is 0.626. The number of ether oxygens (including phenoxy) is 1. The molecule has 0 N–H and O–H groups in total. The summed E-state index contributed by atoms with van der Waals surface area (Å²) in [6, 6.07) is 3.85. The summed E-state index contributed by atoms with van der Waals surface area (Å²) in [6.07, 6.45) is 5.45. The topological polar surface area (TPSA) is 52.3 Å². The van der Waals surface area contributed by atoms with Crippen molar-refractivity contribution in [2.75, 3.05) is 26.3 Å². The van der Waals surface area contributed by atoms with Gasteiger partial charge in [-0.25, -0.2) is 0 Å². The van der Waals surface area contributed by atoms with Crippen molar-refractivity contribution in [1.82, 2.24) is 19.2 Å². The number of nitrogens with zero attached hydrogens (tertiary/aromatic N) is 4. The van der Waals surface area contributed by atoms with Crippen molar-refractivity contribution in [2.24, 2.45) is 7.05 Å². The molecule has 0 bridgehead atoms. The van der Waals surface area contributed by atoms with E-state index < -0.39 is 0 Å². The van der Waals surface area contributed by atoms with Crippen LogP contribution < -0.4 is 0 Å². The van der Waals surface area contributed by atoms with E-state index in [9.17, 15) is 4.79 Å². The molecule has 0 unspecified atom stereocenters. The molecule has 2 aromatic rings. The maximum Gasteiger partial charge on any atom is 0.259 e. The Morgan fingerprint density at radius 1 is 1.26 bits per heavy atom. The van der Waals surface area contributed by atoms with Gasteiger partial charge < -0.3 is 14.2 Å². The monoisotopic (exact) mass is 260 g/mol. The van der Waals surface area contributed by atoms with Crippen molar-refractivity contribution >= 4 is 5.91 Å². The molecule has 1 saturated heterocycles. The Bertz CT molecular complexity index is 567. The van der Waals surface area contributed by atoms with Gasteiger partial charge in [-0.15, -0.1) is 0 Å². The lowest BCUT2D eigenvalue weighted by molar-refractivity contribution is 0.0303. The van der Waals surface area contributed by atoms with Gasteiger partial charge in [0.15, 0.2) is 0 Å². The fourth-order valence-electron chi connectivity index (χ4n) is 2.30. The lowest BCUT2D eigenvalue weighted by Gasteiger charge is -2.26. The van der Waals surface area contributed by atoms with E-state index in [0.717, 1.165) is 5.82 Å². The molecule has 6 nitrogen and oxygen atoms in total. The van der Waals surface area contributed by atoms with E-state index in [4.69, 9.17) is 4.74 Å². The minimum Gasteiger partial charge on any atom is -0.378 e. The molecule has 19 heavy (non-hydrogen) atoms. The molecule has 0 aliphatic carbocycles. The molecule has 3 rings (SSSR count). The van der Waals surface area contributed by atoms with Crippen LogP contribution in [-0.2, 0) is 11.8 Å². The Morgan fingerprint density at radius 3 is 2.63 bits per heavy atom. The molecule has 0 atom stereocenters. The summed E-state index contributed by atoms with van der Waals surface area (Å²) >= 11 is 0. The second-order valence-corrected chi connectivity index (χ2v) is 4.50. The normalized spacial score (nSPS) is 15.7. The molecule has 6 heteroatoms. The molecule has 1 amide bonds. The zero-order valence-corrected chi connectivity index (χ0v) is 10.8. The quantitative estimate of drug-likeness (QED) is 0.798. The number of hydrogen-bond donors (Lipinski definition) is 0. The predicted octanol–water partition coefficient (Wildman–Crippen LogP) is 0.683. The Balaban J connectivity index is 1.95. The summed E-state index contributed by atoms with van der Waals surface area (Å²) in [4.78, 5) is 14.3. The highest BCUT2D eigenvalue weighted by Crippen LogP contribution is 2.16. The van der Waals surface area contributed by atoms with Crippen LogP contribution in [0, 0.1) is 0 Å². The molecule has 2 aromatic heterocycles. The van der Waals surface area contributed by atoms with Crippen LogP contribution in [0.25, 0.3) is 5.82 Å². The lowest BCUT2D eigenvalue weighted by Crippen LogP contribution is -2.40. The van der Waals surface area contributed by atoms with Gasteiger partial charge >= 0.3 is 0 Å². The molecule has 100 valence electrons. The number of carbonyl (C=O) groups excluding carboxylic acids is 1. The van der Waals surface area contributed by atoms with Crippen LogP contribution in [0.4, 0.5) is 0 Å². The van der Waals surface area contributed by atoms with E-state index in [2.05, 4.69) is 5.10 Å². The van der Waals surface area contributed by atoms with E-state index in [-0.39, 0.29) is 5.91 Å². The van der Waals surface area contributed by atoms with Crippen LogP contribution in [0.1, 0.15) is 10.4 Å². The maximum atomic E-state index is 12.5. The minimum absolute atomic E-state index is 0.0140. The van der Waals surface area contributed by atoms with Gasteiger partial charge in [-0.2, -0.15) is 5.10 Å². The van der Waals surface area contributed by atoms with E-state index in [0.29, 0.717) is 31.9 Å². The molecular weight excluding hydrogens is 244 g/mol. The van der Waals surface area contributed by atoms with Gasteiger partial charge in [-0.1, -0.05) is 0 Å². The second-order valence-electron chi connectivity index (χ2n) is 4.50. The SMILES string of the molecule is Cn1ncc(C(=O)N2CCOCC2)c1-n1cccc1. The second kappa shape index (κ2) is 4.89. The first-order valence-electron chi connectivity index (χ1n) is 6.30. The van der Waals surface area contributed by atoms with Crippen molar-refractivity contribution in [3.05, 3.63) is 36.3 Å². The first kappa shape index (κ1) is 12.0. The third-order valence-electron chi connectivity index (χ3n) is 3.29. The number of carbonyl (C=O) groups is 1. The first-order valence-corrected chi connectivity index (χ1v) is 6.30. The summed E-state index contributed by atoms with van der Waals surface area (Å²) in [7, 11) is 1.84. The number of rotatable bonds is 2. The van der Waals surface area contributed by atoms with Crippen molar-refractivity contribution in [1.29, 1.82) is 0 Å². The van der Waals surface area contributed by atoms with Gasteiger partial charge in [-0.3, -0.25) is 9.48 Å². The summed E-state index contributed by atoms with van der Waals surface area (Å²) in [5, 5.41) is 4.21. The molecule has 0 spiro atoms. The molecule has 1 aliphatic heterocycles. The van der Waals surface area contributed by atoms with Crippen molar-refractivity contribution in [2.45, 2.75) is 0 Å². The zero-order valence-electron chi connectivity index (χ0n) is 10.8. The standard InChI is InChI=1S/C13H16N4O2/c1-15-12(16-4-2-3-5-16)11(10-14-15)13(18)17-6-8-19-9-7-17/h2-5,10H,6-9H2,1H3. The van der Waals surface area contributed by atoms with Gasteiger partial charge in [0.25, 0.3) is 5.91 Å². The van der Waals surface area contributed by atoms with E-state index >= 15 is 0 Å². The average molecular weight is 260 g/mol. The first-order chi connectivity index (χ1) is 9.27. The van der Waals surface area contributed by atoms with Crippen LogP contribution >= 0.6 is 0 Å². The van der Waals surface area contributed by atoms with Gasteiger partial charge in [-0.05, 0) is 12.1 Å². The van der Waals surface area contributed by atoms with Crippen molar-refractivity contribution < 1.29 is 9.53 Å². The minimum atomic E-state index is 0.0140. The molecule has 3 heterocycles. The Morgan fingerprint density at radius 2 is 1.95 bits per heavy atom. The van der Waals surface area contributed by atoms with Crippen LogP contribution in [0.3, 0.4) is 0 Å². The molecular formula is C13H16N4O2. The fraction of sp³-hybridized carbons (Fsp3) is 0.385. The lowest BCUT2D eigenvalue weighted by atomic mass is 10.2. The van der Waals surface area contributed by atoms with E-state index in [1.807, 2.05) is 41.0 Å². The van der Waals surface area contributed by atoms with E-state index in [1.165, 1.54) is 0 Å². The highest BCUT2D eigenvalue weighted by molar-refractivity contribution is 5.97. The number of morpholine rings is 1. The largest absolute Gasteiger partial charge is 0.378 e. The Labute approximate surface area is 111 Å². The van der Waals surface area contributed by atoms with Gasteiger partial charge in [0.2, 0.25) is 0 Å². The smallest absolute Gasteiger partial charge is 0.259 e. The van der Waals surface area contributed by atoms with Crippen molar-refractivity contribution in [3.63, 3.8) is 0 Å². The highest BCUT2D eigenvalue weighted by Gasteiger charge is 2.24. The number of hydrogen-bond acceptors (Lipinski definition) is 3. The summed E-state index contributed by atoms with van der Waals surface area (Å²) in [6.45, 7) is 2.48. The summed E-state index contributed by atoms with van der Waals surface area (Å²) < 4.78 is 8.89. The van der Waals surface area contributed by atoms with Crippen molar-refractivity contribution in [3.8, 4) is 5.82 Å². The third-order valence-corrected chi connectivity index (χ3v) is 3.29. The molecule has 0 saturated carbocycles.